The number of aromatic hydroxyl groups is 1. The summed E-state index contributed by atoms with van der Waals surface area (Å²) in [6.07, 6.45) is 0. The molecule has 0 aliphatic rings. The topological polar surface area (TPSA) is 95.9 Å². The van der Waals surface area contributed by atoms with Crippen LogP contribution in [-0.2, 0) is 9.59 Å². The first-order valence-corrected chi connectivity index (χ1v) is 10.1. The van der Waals surface area contributed by atoms with Gasteiger partial charge in [-0.2, -0.15) is 0 Å². The minimum Gasteiger partial charge on any atom is -0.507 e. The van der Waals surface area contributed by atoms with Crippen LogP contribution in [0.2, 0.25) is 0 Å². The van der Waals surface area contributed by atoms with E-state index in [2.05, 4.69) is 37.2 Å². The Labute approximate surface area is 180 Å². The van der Waals surface area contributed by atoms with Crippen LogP contribution in [0.5, 0.6) is 17.2 Å². The van der Waals surface area contributed by atoms with E-state index in [-0.39, 0.29) is 11.7 Å². The van der Waals surface area contributed by atoms with Crippen molar-refractivity contribution in [2.24, 2.45) is 5.92 Å². The standard InChI is InChI=1S/C20H21Br2NO5/c1-9(2)14-8-13(5-10(3)17(14)24)28-18-15(21)6-12(7-16(18)22)23-19(25)11(4)20(26)27/h5-9,11,24H,1-4H3,(H,23,25)(H,26,27). The molecule has 1 amide bonds. The first-order valence-electron chi connectivity index (χ1n) is 8.55. The van der Waals surface area contributed by atoms with E-state index in [9.17, 15) is 14.7 Å². The molecule has 0 aliphatic carbocycles. The predicted molar refractivity (Wildman–Crippen MR) is 114 cm³/mol. The number of anilines is 1. The van der Waals surface area contributed by atoms with Crippen molar-refractivity contribution in [1.29, 1.82) is 0 Å². The van der Waals surface area contributed by atoms with Crippen molar-refractivity contribution in [3.8, 4) is 17.2 Å². The van der Waals surface area contributed by atoms with Gasteiger partial charge in [-0.05, 0) is 81.5 Å². The van der Waals surface area contributed by atoms with Crippen LogP contribution in [-0.4, -0.2) is 22.1 Å². The molecule has 0 spiro atoms. The number of carboxylic acids is 1. The molecule has 0 saturated heterocycles. The van der Waals surface area contributed by atoms with E-state index in [1.165, 1.54) is 6.92 Å². The summed E-state index contributed by atoms with van der Waals surface area (Å²) in [5.74, 6) is -1.53. The highest BCUT2D eigenvalue weighted by Crippen LogP contribution is 2.41. The number of phenolic OH excluding ortho intramolecular Hbond substituents is 1. The van der Waals surface area contributed by atoms with Crippen LogP contribution in [0, 0.1) is 12.8 Å². The average molecular weight is 515 g/mol. The maximum atomic E-state index is 11.9. The molecule has 0 aliphatic heterocycles. The van der Waals surface area contributed by atoms with Crippen LogP contribution in [0.4, 0.5) is 5.69 Å². The molecule has 0 saturated carbocycles. The summed E-state index contributed by atoms with van der Waals surface area (Å²) in [5.41, 5.74) is 1.92. The van der Waals surface area contributed by atoms with Crippen molar-refractivity contribution in [3.63, 3.8) is 0 Å². The average Bonchev–Trinajstić information content (AvgIpc) is 2.59. The molecule has 6 nitrogen and oxygen atoms in total. The number of halogens is 2. The number of carbonyl (C=O) groups is 2. The van der Waals surface area contributed by atoms with Crippen LogP contribution in [0.1, 0.15) is 37.8 Å². The van der Waals surface area contributed by atoms with Gasteiger partial charge in [0.25, 0.3) is 0 Å². The molecule has 0 radical (unpaired) electrons. The molecule has 2 rings (SSSR count). The number of ether oxygens (including phenoxy) is 1. The summed E-state index contributed by atoms with van der Waals surface area (Å²) in [5, 5.41) is 21.7. The molecule has 1 atom stereocenters. The van der Waals surface area contributed by atoms with Crippen molar-refractivity contribution in [2.45, 2.75) is 33.6 Å². The van der Waals surface area contributed by atoms with Gasteiger partial charge in [0.15, 0.2) is 5.75 Å². The van der Waals surface area contributed by atoms with E-state index >= 15 is 0 Å². The van der Waals surface area contributed by atoms with E-state index in [0.717, 1.165) is 5.56 Å². The molecule has 2 aromatic rings. The van der Waals surface area contributed by atoms with Crippen LogP contribution < -0.4 is 10.1 Å². The van der Waals surface area contributed by atoms with Gasteiger partial charge in [-0.3, -0.25) is 9.59 Å². The monoisotopic (exact) mass is 513 g/mol. The first kappa shape index (κ1) is 22.2. The number of benzene rings is 2. The Bertz CT molecular complexity index is 904. The van der Waals surface area contributed by atoms with Gasteiger partial charge in [0.1, 0.15) is 17.4 Å². The second kappa shape index (κ2) is 8.96. The van der Waals surface area contributed by atoms with Gasteiger partial charge >= 0.3 is 5.97 Å². The number of hydrogen-bond donors (Lipinski definition) is 3. The van der Waals surface area contributed by atoms with Crippen LogP contribution in [0.25, 0.3) is 0 Å². The Morgan fingerprint density at radius 3 is 2.14 bits per heavy atom. The van der Waals surface area contributed by atoms with Crippen LogP contribution in [0.15, 0.2) is 33.2 Å². The Morgan fingerprint density at radius 1 is 1.07 bits per heavy atom. The van der Waals surface area contributed by atoms with Gasteiger partial charge < -0.3 is 20.3 Å². The molecule has 28 heavy (non-hydrogen) atoms. The van der Waals surface area contributed by atoms with Gasteiger partial charge in [-0.15, -0.1) is 0 Å². The van der Waals surface area contributed by atoms with Crippen LogP contribution in [0.3, 0.4) is 0 Å². The summed E-state index contributed by atoms with van der Waals surface area (Å²) < 4.78 is 7.13. The number of carbonyl (C=O) groups excluding carboxylic acids is 1. The number of rotatable bonds is 6. The molecular formula is C20H21Br2NO5. The highest BCUT2D eigenvalue weighted by atomic mass is 79.9. The summed E-state index contributed by atoms with van der Waals surface area (Å²) in [4.78, 5) is 22.9. The third-order valence-corrected chi connectivity index (χ3v) is 5.35. The van der Waals surface area contributed by atoms with Gasteiger partial charge in [0.05, 0.1) is 8.95 Å². The van der Waals surface area contributed by atoms with Gasteiger partial charge in [-0.1, -0.05) is 13.8 Å². The van der Waals surface area contributed by atoms with Gasteiger partial charge in [0.2, 0.25) is 5.91 Å². The Balaban J connectivity index is 2.31. The number of phenols is 1. The second-order valence-corrected chi connectivity index (χ2v) is 8.46. The molecule has 0 aromatic heterocycles. The Hall–Kier alpha value is -2.06. The smallest absolute Gasteiger partial charge is 0.315 e. The minimum absolute atomic E-state index is 0.128. The third-order valence-electron chi connectivity index (χ3n) is 4.17. The number of carboxylic acid groups (broad SMARTS) is 1. The zero-order chi connectivity index (χ0) is 21.2. The van der Waals surface area contributed by atoms with Gasteiger partial charge in [-0.25, -0.2) is 0 Å². The maximum absolute atomic E-state index is 11.9. The van der Waals surface area contributed by atoms with E-state index in [1.807, 2.05) is 13.8 Å². The van der Waals surface area contributed by atoms with Gasteiger partial charge in [0, 0.05) is 11.3 Å². The molecule has 0 heterocycles. The fourth-order valence-corrected chi connectivity index (χ4v) is 3.83. The molecule has 0 bridgehead atoms. The van der Waals surface area contributed by atoms with Crippen molar-refractivity contribution in [3.05, 3.63) is 44.3 Å². The number of aryl methyl sites for hydroxylation is 1. The van der Waals surface area contributed by atoms with E-state index < -0.39 is 17.8 Å². The lowest BCUT2D eigenvalue weighted by Gasteiger charge is -2.16. The Morgan fingerprint density at radius 2 is 1.64 bits per heavy atom. The van der Waals surface area contributed by atoms with Crippen LogP contribution >= 0.6 is 31.9 Å². The summed E-state index contributed by atoms with van der Waals surface area (Å²) in [6, 6.07) is 6.78. The predicted octanol–water partition coefficient (Wildman–Crippen LogP) is 5.80. The fraction of sp³-hybridized carbons (Fsp3) is 0.300. The molecule has 1 unspecified atom stereocenters. The van der Waals surface area contributed by atoms with E-state index in [4.69, 9.17) is 9.84 Å². The lowest BCUT2D eigenvalue weighted by atomic mass is 9.99. The Kier molecular flexibility index (Phi) is 7.11. The molecular weight excluding hydrogens is 494 g/mol. The van der Waals surface area contributed by atoms with E-state index in [0.29, 0.717) is 31.7 Å². The number of amides is 1. The normalized spacial score (nSPS) is 12.0. The molecule has 2 aromatic carbocycles. The first-order chi connectivity index (χ1) is 13.0. The lowest BCUT2D eigenvalue weighted by Crippen LogP contribution is -2.26. The highest BCUT2D eigenvalue weighted by molar-refractivity contribution is 9.11. The van der Waals surface area contributed by atoms with Crippen molar-refractivity contribution in [1.82, 2.24) is 0 Å². The quantitative estimate of drug-likeness (QED) is 0.423. The van der Waals surface area contributed by atoms with Crippen molar-refractivity contribution in [2.75, 3.05) is 5.32 Å². The number of nitrogens with one attached hydrogen (secondary N) is 1. The lowest BCUT2D eigenvalue weighted by molar-refractivity contribution is -0.144. The summed E-state index contributed by atoms with van der Waals surface area (Å²) in [6.45, 7) is 7.10. The molecule has 150 valence electrons. The zero-order valence-corrected chi connectivity index (χ0v) is 19.0. The van der Waals surface area contributed by atoms with E-state index in [1.54, 1.807) is 31.2 Å². The second-order valence-electron chi connectivity index (χ2n) is 6.75. The third kappa shape index (κ3) is 5.05. The summed E-state index contributed by atoms with van der Waals surface area (Å²) >= 11 is 6.84. The number of aliphatic carboxylic acids is 1. The fourth-order valence-electron chi connectivity index (χ4n) is 2.48. The summed E-state index contributed by atoms with van der Waals surface area (Å²) in [7, 11) is 0. The number of hydrogen-bond acceptors (Lipinski definition) is 4. The zero-order valence-electron chi connectivity index (χ0n) is 15.8. The molecule has 3 N–H and O–H groups in total. The van der Waals surface area contributed by atoms with Crippen molar-refractivity contribution < 1.29 is 24.5 Å². The highest BCUT2D eigenvalue weighted by Gasteiger charge is 2.21. The SMILES string of the molecule is Cc1cc(Oc2c(Br)cc(NC(=O)C(C)C(=O)O)cc2Br)cc(C(C)C)c1O. The maximum Gasteiger partial charge on any atom is 0.315 e. The molecule has 8 heteroatoms. The van der Waals surface area contributed by atoms with Crippen molar-refractivity contribution >= 4 is 49.4 Å². The molecule has 0 fully saturated rings. The minimum atomic E-state index is -1.20. The largest absolute Gasteiger partial charge is 0.507 e.